The summed E-state index contributed by atoms with van der Waals surface area (Å²) in [6.45, 7) is 0. The van der Waals surface area contributed by atoms with Gasteiger partial charge in [0.25, 0.3) is 0 Å². The van der Waals surface area contributed by atoms with Crippen LogP contribution in [0.2, 0.25) is 0 Å². The number of nitrogens with two attached hydrogens (primary N) is 1. The van der Waals surface area contributed by atoms with Gasteiger partial charge < -0.3 is 11.1 Å². The molecule has 0 aromatic carbocycles. The van der Waals surface area contributed by atoms with Crippen molar-refractivity contribution in [2.24, 2.45) is 11.7 Å². The Morgan fingerprint density at radius 2 is 2.17 bits per heavy atom. The molecular formula is C13H16N4O. The van der Waals surface area contributed by atoms with Gasteiger partial charge in [0, 0.05) is 18.2 Å². The first-order valence-electron chi connectivity index (χ1n) is 6.11. The van der Waals surface area contributed by atoms with Gasteiger partial charge in [-0.3, -0.25) is 4.79 Å². The van der Waals surface area contributed by atoms with Gasteiger partial charge >= 0.3 is 0 Å². The third kappa shape index (κ3) is 2.77. The standard InChI is InChI=1S/C13H16N4O/c14-8-10-2-1-7-16-13(10)17-11-5-3-9(4-6-11)12(15)18/h1-2,7,9,11H,3-6H2,(H2,15,18)(H,16,17). The smallest absolute Gasteiger partial charge is 0.220 e. The first-order chi connectivity index (χ1) is 8.70. The van der Waals surface area contributed by atoms with Crippen molar-refractivity contribution in [1.29, 1.82) is 5.26 Å². The van der Waals surface area contributed by atoms with E-state index in [1.54, 1.807) is 18.3 Å². The number of rotatable bonds is 3. The van der Waals surface area contributed by atoms with E-state index in [1.807, 2.05) is 0 Å². The molecule has 0 atom stereocenters. The Kier molecular flexibility index (Phi) is 3.78. The zero-order valence-electron chi connectivity index (χ0n) is 10.1. The molecule has 1 fully saturated rings. The number of amides is 1. The molecule has 1 aliphatic carbocycles. The molecule has 0 spiro atoms. The molecule has 0 unspecified atom stereocenters. The van der Waals surface area contributed by atoms with Crippen molar-refractivity contribution in [2.45, 2.75) is 31.7 Å². The Hall–Kier alpha value is -2.09. The predicted molar refractivity (Wildman–Crippen MR) is 67.5 cm³/mol. The van der Waals surface area contributed by atoms with Crippen molar-refractivity contribution in [3.63, 3.8) is 0 Å². The zero-order valence-corrected chi connectivity index (χ0v) is 10.1. The quantitative estimate of drug-likeness (QED) is 0.840. The fourth-order valence-corrected chi connectivity index (χ4v) is 2.33. The molecule has 0 aliphatic heterocycles. The molecule has 1 aromatic rings. The molecule has 0 bridgehead atoms. The van der Waals surface area contributed by atoms with E-state index in [0.29, 0.717) is 11.4 Å². The van der Waals surface area contributed by atoms with Crippen molar-refractivity contribution in [1.82, 2.24) is 4.98 Å². The van der Waals surface area contributed by atoms with E-state index in [1.165, 1.54) is 0 Å². The van der Waals surface area contributed by atoms with Gasteiger partial charge in [0.15, 0.2) is 0 Å². The number of pyridine rings is 1. The molecule has 1 amide bonds. The fraction of sp³-hybridized carbons (Fsp3) is 0.462. The van der Waals surface area contributed by atoms with Crippen molar-refractivity contribution in [2.75, 3.05) is 5.32 Å². The number of hydrogen-bond acceptors (Lipinski definition) is 4. The molecule has 1 heterocycles. The van der Waals surface area contributed by atoms with Crippen molar-refractivity contribution >= 4 is 11.7 Å². The largest absolute Gasteiger partial charge is 0.369 e. The molecule has 18 heavy (non-hydrogen) atoms. The van der Waals surface area contributed by atoms with Crippen molar-refractivity contribution in [3.8, 4) is 6.07 Å². The average Bonchev–Trinajstić information content (AvgIpc) is 2.40. The minimum absolute atomic E-state index is 0.00206. The summed E-state index contributed by atoms with van der Waals surface area (Å²) in [6, 6.07) is 5.86. The maximum absolute atomic E-state index is 11.1. The van der Waals surface area contributed by atoms with E-state index in [9.17, 15) is 4.79 Å². The minimum Gasteiger partial charge on any atom is -0.369 e. The molecule has 94 valence electrons. The number of nitrogens with zero attached hydrogens (tertiary/aromatic N) is 2. The molecule has 3 N–H and O–H groups in total. The molecule has 0 radical (unpaired) electrons. The molecule has 2 rings (SSSR count). The second-order valence-corrected chi connectivity index (χ2v) is 4.61. The van der Waals surface area contributed by atoms with E-state index >= 15 is 0 Å². The lowest BCUT2D eigenvalue weighted by Gasteiger charge is -2.27. The second kappa shape index (κ2) is 5.50. The first-order valence-corrected chi connectivity index (χ1v) is 6.11. The monoisotopic (exact) mass is 244 g/mol. The molecular weight excluding hydrogens is 228 g/mol. The molecule has 1 aliphatic rings. The molecule has 1 aromatic heterocycles. The topological polar surface area (TPSA) is 91.8 Å². The fourth-order valence-electron chi connectivity index (χ4n) is 2.33. The predicted octanol–water partition coefficient (Wildman–Crippen LogP) is 1.41. The summed E-state index contributed by atoms with van der Waals surface area (Å²) < 4.78 is 0. The number of aromatic nitrogens is 1. The van der Waals surface area contributed by atoms with Crippen LogP contribution >= 0.6 is 0 Å². The Morgan fingerprint density at radius 3 is 2.78 bits per heavy atom. The highest BCUT2D eigenvalue weighted by atomic mass is 16.1. The van der Waals surface area contributed by atoms with Crippen LogP contribution in [-0.4, -0.2) is 16.9 Å². The second-order valence-electron chi connectivity index (χ2n) is 4.61. The van der Waals surface area contributed by atoms with E-state index < -0.39 is 0 Å². The maximum Gasteiger partial charge on any atom is 0.220 e. The van der Waals surface area contributed by atoms with Crippen LogP contribution in [0.5, 0.6) is 0 Å². The van der Waals surface area contributed by atoms with E-state index in [4.69, 9.17) is 11.0 Å². The summed E-state index contributed by atoms with van der Waals surface area (Å²) in [5, 5.41) is 12.2. The van der Waals surface area contributed by atoms with Gasteiger partial charge in [-0.05, 0) is 37.8 Å². The van der Waals surface area contributed by atoms with Crippen LogP contribution in [0.25, 0.3) is 0 Å². The number of hydrogen-bond donors (Lipinski definition) is 2. The summed E-state index contributed by atoms with van der Waals surface area (Å²) in [6.07, 6.45) is 5.05. The van der Waals surface area contributed by atoms with Crippen molar-refractivity contribution in [3.05, 3.63) is 23.9 Å². The molecule has 5 nitrogen and oxygen atoms in total. The van der Waals surface area contributed by atoms with Gasteiger partial charge in [-0.1, -0.05) is 0 Å². The van der Waals surface area contributed by atoms with Crippen LogP contribution in [0.1, 0.15) is 31.2 Å². The number of nitriles is 1. The summed E-state index contributed by atoms with van der Waals surface area (Å²) in [4.78, 5) is 15.2. The van der Waals surface area contributed by atoms with Gasteiger partial charge in [-0.15, -0.1) is 0 Å². The Balaban J connectivity index is 1.96. The van der Waals surface area contributed by atoms with E-state index in [0.717, 1.165) is 25.7 Å². The highest BCUT2D eigenvalue weighted by Gasteiger charge is 2.25. The van der Waals surface area contributed by atoms with Gasteiger partial charge in [0.1, 0.15) is 11.9 Å². The van der Waals surface area contributed by atoms with Crippen LogP contribution in [0.4, 0.5) is 5.82 Å². The third-order valence-electron chi connectivity index (χ3n) is 3.40. The van der Waals surface area contributed by atoms with Gasteiger partial charge in [-0.25, -0.2) is 4.98 Å². The number of carbonyl (C=O) groups excluding carboxylic acids is 1. The minimum atomic E-state index is -0.205. The third-order valence-corrected chi connectivity index (χ3v) is 3.40. The first kappa shape index (κ1) is 12.4. The summed E-state index contributed by atoms with van der Waals surface area (Å²) in [5.74, 6) is 0.425. The van der Waals surface area contributed by atoms with Crippen LogP contribution in [0.15, 0.2) is 18.3 Å². The highest BCUT2D eigenvalue weighted by molar-refractivity contribution is 5.76. The van der Waals surface area contributed by atoms with Gasteiger partial charge in [-0.2, -0.15) is 5.26 Å². The van der Waals surface area contributed by atoms with E-state index in [2.05, 4.69) is 16.4 Å². The number of anilines is 1. The van der Waals surface area contributed by atoms with Crippen LogP contribution in [-0.2, 0) is 4.79 Å². The molecule has 5 heteroatoms. The SMILES string of the molecule is N#Cc1cccnc1NC1CCC(C(N)=O)CC1. The van der Waals surface area contributed by atoms with Crippen LogP contribution in [0.3, 0.4) is 0 Å². The van der Waals surface area contributed by atoms with Gasteiger partial charge in [0.05, 0.1) is 5.56 Å². The Bertz CT molecular complexity index is 472. The summed E-state index contributed by atoms with van der Waals surface area (Å²) >= 11 is 0. The summed E-state index contributed by atoms with van der Waals surface area (Å²) in [5.41, 5.74) is 5.85. The maximum atomic E-state index is 11.1. The Morgan fingerprint density at radius 1 is 1.44 bits per heavy atom. The van der Waals surface area contributed by atoms with Crippen LogP contribution < -0.4 is 11.1 Å². The molecule has 0 saturated heterocycles. The lowest BCUT2D eigenvalue weighted by atomic mass is 9.85. The Labute approximate surface area is 106 Å². The van der Waals surface area contributed by atoms with Crippen LogP contribution in [0, 0.1) is 17.2 Å². The lowest BCUT2D eigenvalue weighted by Crippen LogP contribution is -2.32. The van der Waals surface area contributed by atoms with Gasteiger partial charge in [0.2, 0.25) is 5.91 Å². The zero-order chi connectivity index (χ0) is 13.0. The average molecular weight is 244 g/mol. The lowest BCUT2D eigenvalue weighted by molar-refractivity contribution is -0.122. The number of carbonyl (C=O) groups is 1. The highest BCUT2D eigenvalue weighted by Crippen LogP contribution is 2.26. The van der Waals surface area contributed by atoms with Crippen molar-refractivity contribution < 1.29 is 4.79 Å². The van der Waals surface area contributed by atoms with E-state index in [-0.39, 0.29) is 17.9 Å². The summed E-state index contributed by atoms with van der Waals surface area (Å²) in [7, 11) is 0. The number of primary amides is 1. The molecule has 1 saturated carbocycles. The normalized spacial score (nSPS) is 23.1. The number of nitrogens with one attached hydrogen (secondary N) is 1.